The summed E-state index contributed by atoms with van der Waals surface area (Å²) in [5, 5.41) is 12.1. The molecule has 1 aliphatic heterocycles. The summed E-state index contributed by atoms with van der Waals surface area (Å²) in [5.74, 6) is 0. The first-order chi connectivity index (χ1) is 11.7. The molecular weight excluding hydrogens is 300 g/mol. The number of aromatic nitrogens is 1. The molecule has 1 aromatic heterocycles. The summed E-state index contributed by atoms with van der Waals surface area (Å²) in [7, 11) is 0. The highest BCUT2D eigenvalue weighted by molar-refractivity contribution is 5.86. The van der Waals surface area contributed by atoms with Crippen molar-refractivity contribution in [2.24, 2.45) is 0 Å². The summed E-state index contributed by atoms with van der Waals surface area (Å²) < 4.78 is 7.83. The van der Waals surface area contributed by atoms with Crippen LogP contribution >= 0.6 is 0 Å². The van der Waals surface area contributed by atoms with E-state index >= 15 is 0 Å². The standard InChI is InChI=1S/C20H28N2O2/c1-15-6-7-20-18(12-15)17-4-2-3-5-19(17)22(20)14-16(23)13-21-8-10-24-11-9-21/h6-7,12,16,23H,2-5,8-11,13-14H2,1H3/p+1/t16-/m1/s1. The lowest BCUT2D eigenvalue weighted by Crippen LogP contribution is -3.15. The molecule has 0 saturated carbocycles. The van der Waals surface area contributed by atoms with Gasteiger partial charge in [0.2, 0.25) is 0 Å². The minimum atomic E-state index is -0.291. The van der Waals surface area contributed by atoms with Gasteiger partial charge in [-0.25, -0.2) is 0 Å². The third-order valence-electron chi connectivity index (χ3n) is 5.65. The fraction of sp³-hybridized carbons (Fsp3) is 0.600. The Morgan fingerprint density at radius 1 is 1.21 bits per heavy atom. The highest BCUT2D eigenvalue weighted by Crippen LogP contribution is 2.32. The van der Waals surface area contributed by atoms with Gasteiger partial charge < -0.3 is 19.3 Å². The van der Waals surface area contributed by atoms with Gasteiger partial charge in [0.1, 0.15) is 25.7 Å². The van der Waals surface area contributed by atoms with Crippen LogP contribution < -0.4 is 4.90 Å². The number of aliphatic hydroxyl groups excluding tert-OH is 1. The van der Waals surface area contributed by atoms with E-state index in [-0.39, 0.29) is 6.10 Å². The predicted octanol–water partition coefficient (Wildman–Crippen LogP) is 1.10. The topological polar surface area (TPSA) is 38.8 Å². The fourth-order valence-corrected chi connectivity index (χ4v) is 4.43. The van der Waals surface area contributed by atoms with Gasteiger partial charge in [-0.15, -0.1) is 0 Å². The molecule has 2 aromatic rings. The van der Waals surface area contributed by atoms with E-state index in [1.807, 2.05) is 0 Å². The van der Waals surface area contributed by atoms with E-state index in [0.29, 0.717) is 0 Å². The lowest BCUT2D eigenvalue weighted by Gasteiger charge is -2.26. The van der Waals surface area contributed by atoms with Crippen LogP contribution in [0.25, 0.3) is 10.9 Å². The number of aliphatic hydroxyl groups is 1. The Bertz CT molecular complexity index is 716. The van der Waals surface area contributed by atoms with Gasteiger partial charge in [0.25, 0.3) is 0 Å². The lowest BCUT2D eigenvalue weighted by atomic mass is 9.95. The first kappa shape index (κ1) is 16.1. The quantitative estimate of drug-likeness (QED) is 0.882. The summed E-state index contributed by atoms with van der Waals surface area (Å²) >= 11 is 0. The Labute approximate surface area is 144 Å². The molecule has 1 aromatic carbocycles. The van der Waals surface area contributed by atoms with Gasteiger partial charge in [0, 0.05) is 16.6 Å². The van der Waals surface area contributed by atoms with E-state index in [2.05, 4.69) is 29.7 Å². The highest BCUT2D eigenvalue weighted by atomic mass is 16.5. The second kappa shape index (κ2) is 6.87. The molecule has 4 heteroatoms. The number of rotatable bonds is 4. The van der Waals surface area contributed by atoms with Crippen molar-refractivity contribution in [1.82, 2.24) is 4.57 Å². The van der Waals surface area contributed by atoms with Crippen LogP contribution in [0.1, 0.15) is 29.7 Å². The number of hydrogen-bond acceptors (Lipinski definition) is 2. The minimum absolute atomic E-state index is 0.291. The molecule has 2 N–H and O–H groups in total. The normalized spacial score (nSPS) is 20.2. The Kier molecular flexibility index (Phi) is 4.61. The summed E-state index contributed by atoms with van der Waals surface area (Å²) in [6, 6.07) is 6.77. The maximum atomic E-state index is 10.7. The van der Waals surface area contributed by atoms with Crippen LogP contribution in [0.3, 0.4) is 0 Å². The third kappa shape index (κ3) is 3.10. The van der Waals surface area contributed by atoms with Crippen molar-refractivity contribution in [1.29, 1.82) is 0 Å². The van der Waals surface area contributed by atoms with Crippen molar-refractivity contribution in [2.45, 2.75) is 45.3 Å². The zero-order chi connectivity index (χ0) is 16.5. The van der Waals surface area contributed by atoms with Crippen LogP contribution in [0.4, 0.5) is 0 Å². The molecule has 2 heterocycles. The van der Waals surface area contributed by atoms with Gasteiger partial charge in [-0.05, 0) is 50.3 Å². The summed E-state index contributed by atoms with van der Waals surface area (Å²) in [4.78, 5) is 1.47. The number of morpholine rings is 1. The second-order valence-corrected chi connectivity index (χ2v) is 7.48. The maximum Gasteiger partial charge on any atom is 0.121 e. The molecule has 0 radical (unpaired) electrons. The van der Waals surface area contributed by atoms with Crippen molar-refractivity contribution < 1.29 is 14.7 Å². The lowest BCUT2D eigenvalue weighted by molar-refractivity contribution is -0.911. The molecule has 24 heavy (non-hydrogen) atoms. The molecule has 4 nitrogen and oxygen atoms in total. The summed E-state index contributed by atoms with van der Waals surface area (Å²) in [5.41, 5.74) is 5.64. The van der Waals surface area contributed by atoms with E-state index in [9.17, 15) is 5.11 Å². The molecule has 1 saturated heterocycles. The molecule has 0 spiro atoms. The SMILES string of the molecule is Cc1ccc2c(c1)c1c(n2C[C@H](O)C[NH+]2CCOCC2)CCCC1. The smallest absolute Gasteiger partial charge is 0.121 e. The van der Waals surface area contributed by atoms with Gasteiger partial charge >= 0.3 is 0 Å². The van der Waals surface area contributed by atoms with Gasteiger partial charge in [-0.1, -0.05) is 11.6 Å². The Morgan fingerprint density at radius 2 is 2.00 bits per heavy atom. The van der Waals surface area contributed by atoms with Crippen LogP contribution in [-0.4, -0.2) is 48.6 Å². The maximum absolute atomic E-state index is 10.7. The number of ether oxygens (including phenoxy) is 1. The van der Waals surface area contributed by atoms with E-state index < -0.39 is 0 Å². The van der Waals surface area contributed by atoms with Crippen LogP contribution in [0.5, 0.6) is 0 Å². The number of hydrogen-bond donors (Lipinski definition) is 2. The van der Waals surface area contributed by atoms with Crippen molar-refractivity contribution >= 4 is 10.9 Å². The van der Waals surface area contributed by atoms with Crippen LogP contribution in [0.2, 0.25) is 0 Å². The van der Waals surface area contributed by atoms with E-state index in [4.69, 9.17) is 4.74 Å². The molecule has 1 atom stereocenters. The molecule has 0 amide bonds. The van der Waals surface area contributed by atoms with Gasteiger partial charge in [-0.2, -0.15) is 0 Å². The average Bonchev–Trinajstić information content (AvgIpc) is 2.89. The van der Waals surface area contributed by atoms with E-state index in [0.717, 1.165) is 45.8 Å². The zero-order valence-electron chi connectivity index (χ0n) is 14.7. The molecule has 1 aliphatic carbocycles. The summed E-state index contributed by atoms with van der Waals surface area (Å²) in [6.07, 6.45) is 4.61. The third-order valence-corrected chi connectivity index (χ3v) is 5.65. The van der Waals surface area contributed by atoms with Gasteiger partial charge in [0.05, 0.1) is 19.8 Å². The molecule has 0 unspecified atom stereocenters. The average molecular weight is 329 g/mol. The fourth-order valence-electron chi connectivity index (χ4n) is 4.43. The number of benzene rings is 1. The number of fused-ring (bicyclic) bond motifs is 3. The Morgan fingerprint density at radius 3 is 2.83 bits per heavy atom. The van der Waals surface area contributed by atoms with Crippen molar-refractivity contribution in [3.63, 3.8) is 0 Å². The molecule has 130 valence electrons. The van der Waals surface area contributed by atoms with Gasteiger partial charge in [-0.3, -0.25) is 0 Å². The highest BCUT2D eigenvalue weighted by Gasteiger charge is 2.23. The molecular formula is C20H29N2O2+. The molecule has 2 aliphatic rings. The second-order valence-electron chi connectivity index (χ2n) is 7.48. The largest absolute Gasteiger partial charge is 0.385 e. The number of nitrogens with zero attached hydrogens (tertiary/aromatic N) is 1. The summed E-state index contributed by atoms with van der Waals surface area (Å²) in [6.45, 7) is 7.39. The number of quaternary nitrogens is 1. The molecule has 4 rings (SSSR count). The van der Waals surface area contributed by atoms with Crippen molar-refractivity contribution in [2.75, 3.05) is 32.8 Å². The molecule has 1 fully saturated rings. The minimum Gasteiger partial charge on any atom is -0.385 e. The van der Waals surface area contributed by atoms with E-state index in [1.165, 1.54) is 51.9 Å². The molecule has 0 bridgehead atoms. The Hall–Kier alpha value is -1.36. The monoisotopic (exact) mass is 329 g/mol. The van der Waals surface area contributed by atoms with Crippen molar-refractivity contribution in [3.8, 4) is 0 Å². The first-order valence-corrected chi connectivity index (χ1v) is 9.42. The first-order valence-electron chi connectivity index (χ1n) is 9.42. The van der Waals surface area contributed by atoms with E-state index in [1.54, 1.807) is 0 Å². The van der Waals surface area contributed by atoms with Crippen LogP contribution in [0.15, 0.2) is 18.2 Å². The number of aryl methyl sites for hydroxylation is 2. The van der Waals surface area contributed by atoms with Crippen molar-refractivity contribution in [3.05, 3.63) is 35.0 Å². The number of nitrogens with one attached hydrogen (secondary N) is 1. The van der Waals surface area contributed by atoms with Crippen LogP contribution in [0, 0.1) is 6.92 Å². The zero-order valence-corrected chi connectivity index (χ0v) is 14.7. The Balaban J connectivity index is 1.61. The predicted molar refractivity (Wildman–Crippen MR) is 95.7 cm³/mol. The van der Waals surface area contributed by atoms with Crippen LogP contribution in [-0.2, 0) is 24.1 Å². The van der Waals surface area contributed by atoms with Gasteiger partial charge in [0.15, 0.2) is 0 Å².